The lowest BCUT2D eigenvalue weighted by Gasteiger charge is -2.12. The third-order valence-corrected chi connectivity index (χ3v) is 5.68. The van der Waals surface area contributed by atoms with Gasteiger partial charge in [0, 0.05) is 18.5 Å². The van der Waals surface area contributed by atoms with Crippen LogP contribution in [0.25, 0.3) is 11.5 Å². The summed E-state index contributed by atoms with van der Waals surface area (Å²) in [5.74, 6) is 4.03. The smallest absolute Gasteiger partial charge is 0.226 e. The molecule has 0 spiro atoms. The van der Waals surface area contributed by atoms with Gasteiger partial charge in [-0.1, -0.05) is 6.07 Å². The van der Waals surface area contributed by atoms with Crippen molar-refractivity contribution in [3.8, 4) is 34.5 Å². The van der Waals surface area contributed by atoms with Crippen LogP contribution in [0, 0.1) is 6.92 Å². The molecular weight excluding hydrogens is 460 g/mol. The van der Waals surface area contributed by atoms with Crippen LogP contribution in [-0.2, 0) is 17.6 Å². The fraction of sp³-hybridized carbons (Fsp3) is 0.429. The Labute approximate surface area is 212 Å². The van der Waals surface area contributed by atoms with Gasteiger partial charge in [-0.15, -0.1) is 0 Å². The van der Waals surface area contributed by atoms with Crippen molar-refractivity contribution >= 4 is 5.91 Å². The molecule has 1 aromatic heterocycles. The number of methoxy groups -OCH3 is 2. The number of nitrogens with one attached hydrogen (secondary N) is 1. The number of ether oxygens (including phenoxy) is 4. The van der Waals surface area contributed by atoms with Crippen LogP contribution in [0.3, 0.4) is 0 Å². The number of nitrogens with zero attached hydrogens (tertiary/aromatic N) is 1. The zero-order valence-corrected chi connectivity index (χ0v) is 21.8. The molecule has 0 aliphatic rings. The van der Waals surface area contributed by atoms with Gasteiger partial charge in [0.25, 0.3) is 0 Å². The maximum absolute atomic E-state index is 12.3. The topological polar surface area (TPSA) is 92.1 Å². The second kappa shape index (κ2) is 13.4. The standard InChI is InChI=1S/C28H36N2O6/c1-6-34-24-13-11-20(17-26(24)35-7-2)15-16-29-27(31)10-8-9-22-19(3)36-28(30-22)21-12-14-23(32-4)25(18-21)33-5/h11-14,17-18H,6-10,15-16H2,1-5H3,(H,29,31). The quantitative estimate of drug-likeness (QED) is 0.330. The van der Waals surface area contributed by atoms with Gasteiger partial charge in [0.2, 0.25) is 11.8 Å². The van der Waals surface area contributed by atoms with Crippen LogP contribution in [0.5, 0.6) is 23.0 Å². The molecule has 36 heavy (non-hydrogen) atoms. The number of benzene rings is 2. The SMILES string of the molecule is CCOc1ccc(CCNC(=O)CCCc2nc(-c3ccc(OC)c(OC)c3)oc2C)cc1OCC. The lowest BCUT2D eigenvalue weighted by atomic mass is 10.1. The van der Waals surface area contributed by atoms with Crippen molar-refractivity contribution < 1.29 is 28.2 Å². The molecule has 0 bridgehead atoms. The van der Waals surface area contributed by atoms with Crippen LogP contribution in [0.15, 0.2) is 40.8 Å². The lowest BCUT2D eigenvalue weighted by molar-refractivity contribution is -0.121. The van der Waals surface area contributed by atoms with Gasteiger partial charge in [0.15, 0.2) is 23.0 Å². The first-order chi connectivity index (χ1) is 17.5. The van der Waals surface area contributed by atoms with E-state index in [0.29, 0.717) is 56.4 Å². The summed E-state index contributed by atoms with van der Waals surface area (Å²) in [6, 6.07) is 11.4. The first-order valence-corrected chi connectivity index (χ1v) is 12.3. The molecule has 0 unspecified atom stereocenters. The number of carbonyl (C=O) groups excluding carboxylic acids is 1. The first-order valence-electron chi connectivity index (χ1n) is 12.3. The fourth-order valence-electron chi connectivity index (χ4n) is 3.85. The summed E-state index contributed by atoms with van der Waals surface area (Å²) < 4.78 is 27.8. The summed E-state index contributed by atoms with van der Waals surface area (Å²) in [7, 11) is 3.19. The molecule has 194 valence electrons. The summed E-state index contributed by atoms with van der Waals surface area (Å²) in [5, 5.41) is 3.00. The normalized spacial score (nSPS) is 10.7. The van der Waals surface area contributed by atoms with Crippen molar-refractivity contribution in [3.05, 3.63) is 53.4 Å². The van der Waals surface area contributed by atoms with Gasteiger partial charge in [0.1, 0.15) is 5.76 Å². The molecule has 3 rings (SSSR count). The zero-order valence-electron chi connectivity index (χ0n) is 21.8. The van der Waals surface area contributed by atoms with E-state index in [4.69, 9.17) is 23.4 Å². The number of aryl methyl sites for hydroxylation is 2. The molecule has 0 atom stereocenters. The summed E-state index contributed by atoms with van der Waals surface area (Å²) in [6.45, 7) is 7.49. The Balaban J connectivity index is 1.47. The van der Waals surface area contributed by atoms with Crippen molar-refractivity contribution in [1.29, 1.82) is 0 Å². The van der Waals surface area contributed by atoms with Gasteiger partial charge < -0.3 is 28.7 Å². The van der Waals surface area contributed by atoms with E-state index < -0.39 is 0 Å². The van der Waals surface area contributed by atoms with E-state index in [2.05, 4.69) is 10.3 Å². The minimum absolute atomic E-state index is 0.0206. The number of hydrogen-bond acceptors (Lipinski definition) is 7. The molecule has 8 nitrogen and oxygen atoms in total. The van der Waals surface area contributed by atoms with Crippen LogP contribution in [0.1, 0.15) is 43.7 Å². The number of hydrogen-bond donors (Lipinski definition) is 1. The van der Waals surface area contributed by atoms with Crippen molar-refractivity contribution in [1.82, 2.24) is 10.3 Å². The van der Waals surface area contributed by atoms with E-state index in [1.807, 2.05) is 57.2 Å². The molecule has 3 aromatic rings. The molecule has 1 amide bonds. The van der Waals surface area contributed by atoms with Crippen molar-refractivity contribution in [3.63, 3.8) is 0 Å². The highest BCUT2D eigenvalue weighted by atomic mass is 16.5. The molecular formula is C28H36N2O6. The Morgan fingerprint density at radius 2 is 1.64 bits per heavy atom. The van der Waals surface area contributed by atoms with E-state index in [-0.39, 0.29) is 5.91 Å². The summed E-state index contributed by atoms with van der Waals surface area (Å²) in [6.07, 6.45) is 2.48. The monoisotopic (exact) mass is 496 g/mol. The Kier molecular flexibility index (Phi) is 10.0. The van der Waals surface area contributed by atoms with Crippen molar-refractivity contribution in [2.75, 3.05) is 34.0 Å². The summed E-state index contributed by atoms with van der Waals surface area (Å²) >= 11 is 0. The van der Waals surface area contributed by atoms with Crippen LogP contribution < -0.4 is 24.3 Å². The summed E-state index contributed by atoms with van der Waals surface area (Å²) in [5.41, 5.74) is 2.75. The van der Waals surface area contributed by atoms with Gasteiger partial charge in [-0.05, 0) is 75.9 Å². The minimum atomic E-state index is 0.0206. The van der Waals surface area contributed by atoms with Gasteiger partial charge in [-0.2, -0.15) is 0 Å². The maximum atomic E-state index is 12.3. The Morgan fingerprint density at radius 1 is 0.917 bits per heavy atom. The molecule has 1 heterocycles. The highest BCUT2D eigenvalue weighted by molar-refractivity contribution is 5.75. The van der Waals surface area contributed by atoms with E-state index in [1.165, 1.54) is 0 Å². The number of amides is 1. The number of oxazole rings is 1. The Hall–Kier alpha value is -3.68. The second-order valence-electron chi connectivity index (χ2n) is 8.19. The van der Waals surface area contributed by atoms with E-state index in [0.717, 1.165) is 40.5 Å². The Bertz CT molecular complexity index is 1140. The van der Waals surface area contributed by atoms with Gasteiger partial charge in [0.05, 0.1) is 33.1 Å². The van der Waals surface area contributed by atoms with Crippen LogP contribution >= 0.6 is 0 Å². The lowest BCUT2D eigenvalue weighted by Crippen LogP contribution is -2.25. The molecule has 0 aliphatic carbocycles. The predicted octanol–water partition coefficient (Wildman–Crippen LogP) is 5.15. The molecule has 0 aliphatic heterocycles. The largest absolute Gasteiger partial charge is 0.493 e. The summed E-state index contributed by atoms with van der Waals surface area (Å²) in [4.78, 5) is 17.0. The number of rotatable bonds is 14. The third-order valence-electron chi connectivity index (χ3n) is 5.68. The highest BCUT2D eigenvalue weighted by Crippen LogP contribution is 2.33. The van der Waals surface area contributed by atoms with E-state index >= 15 is 0 Å². The molecule has 0 fully saturated rings. The minimum Gasteiger partial charge on any atom is -0.493 e. The van der Waals surface area contributed by atoms with E-state index in [1.54, 1.807) is 14.2 Å². The molecule has 8 heteroatoms. The third kappa shape index (κ3) is 7.16. The van der Waals surface area contributed by atoms with Gasteiger partial charge in [-0.25, -0.2) is 4.98 Å². The average Bonchev–Trinajstić information content (AvgIpc) is 3.25. The Morgan fingerprint density at radius 3 is 2.36 bits per heavy atom. The molecule has 1 N–H and O–H groups in total. The number of carbonyl (C=O) groups is 1. The fourth-order valence-corrected chi connectivity index (χ4v) is 3.85. The molecule has 0 saturated heterocycles. The molecule has 0 radical (unpaired) electrons. The first kappa shape index (κ1) is 26.9. The molecule has 2 aromatic carbocycles. The van der Waals surface area contributed by atoms with Crippen LogP contribution in [-0.4, -0.2) is 44.9 Å². The second-order valence-corrected chi connectivity index (χ2v) is 8.19. The van der Waals surface area contributed by atoms with Gasteiger partial charge in [-0.3, -0.25) is 4.79 Å². The van der Waals surface area contributed by atoms with Crippen LogP contribution in [0.2, 0.25) is 0 Å². The molecule has 0 saturated carbocycles. The van der Waals surface area contributed by atoms with Gasteiger partial charge >= 0.3 is 0 Å². The van der Waals surface area contributed by atoms with E-state index in [9.17, 15) is 4.79 Å². The maximum Gasteiger partial charge on any atom is 0.226 e. The van der Waals surface area contributed by atoms with Crippen LogP contribution in [0.4, 0.5) is 0 Å². The predicted molar refractivity (Wildman–Crippen MR) is 138 cm³/mol. The van der Waals surface area contributed by atoms with Crippen molar-refractivity contribution in [2.24, 2.45) is 0 Å². The highest BCUT2D eigenvalue weighted by Gasteiger charge is 2.14. The van der Waals surface area contributed by atoms with Crippen molar-refractivity contribution in [2.45, 2.75) is 46.5 Å². The average molecular weight is 497 g/mol. The number of aromatic nitrogens is 1. The zero-order chi connectivity index (χ0) is 25.9.